The van der Waals surface area contributed by atoms with Gasteiger partial charge in [0, 0.05) is 49.6 Å². The first kappa shape index (κ1) is 29.0. The number of nitrogens with zero attached hydrogens (tertiary/aromatic N) is 6. The molecular formula is C46H34N6O. The van der Waals surface area contributed by atoms with E-state index >= 15 is 0 Å². The van der Waals surface area contributed by atoms with Crippen LogP contribution in [0.3, 0.4) is 0 Å². The third-order valence-electron chi connectivity index (χ3n) is 12.8. The van der Waals surface area contributed by atoms with Crippen LogP contribution >= 0.6 is 0 Å². The standard InChI is InChI=1S/C46H34N6O/c1-45(2)32-17-11-21-36-38(32)52-41(46(45,3)4)44(48-43(52)39-40(53)31-15-7-10-20-35(31)50(36)39)51-34-19-9-5-13-27(34)29-23-22-26(25-37(29)51)49-33-18-8-6-14-28(33)30-16-12-24-47-42(30)49/h5-25,53H,1-4H3. The second-order valence-corrected chi connectivity index (χ2v) is 15.7. The molecule has 12 rings (SSSR count). The first-order valence-corrected chi connectivity index (χ1v) is 18.3. The second kappa shape index (κ2) is 9.43. The number of benzene rings is 5. The number of rotatable bonds is 2. The summed E-state index contributed by atoms with van der Waals surface area (Å²) < 4.78 is 9.22. The second-order valence-electron chi connectivity index (χ2n) is 15.7. The Balaban J connectivity index is 1.29. The van der Waals surface area contributed by atoms with Gasteiger partial charge in [-0.25, -0.2) is 9.97 Å². The van der Waals surface area contributed by atoms with E-state index in [2.05, 4.69) is 143 Å². The zero-order valence-corrected chi connectivity index (χ0v) is 29.8. The first-order valence-electron chi connectivity index (χ1n) is 18.3. The van der Waals surface area contributed by atoms with Gasteiger partial charge in [0.2, 0.25) is 0 Å². The highest BCUT2D eigenvalue weighted by atomic mass is 16.3. The smallest absolute Gasteiger partial charge is 0.168 e. The Morgan fingerprint density at radius 1 is 0.509 bits per heavy atom. The zero-order valence-electron chi connectivity index (χ0n) is 29.8. The summed E-state index contributed by atoms with van der Waals surface area (Å²) in [7, 11) is 0. The average Bonchev–Trinajstić information content (AvgIpc) is 3.91. The molecule has 53 heavy (non-hydrogen) atoms. The summed E-state index contributed by atoms with van der Waals surface area (Å²) in [5, 5.41) is 17.5. The van der Waals surface area contributed by atoms with Gasteiger partial charge in [-0.2, -0.15) is 0 Å². The fourth-order valence-corrected chi connectivity index (χ4v) is 9.65. The van der Waals surface area contributed by atoms with Crippen molar-refractivity contribution in [2.45, 2.75) is 38.5 Å². The molecule has 7 heterocycles. The molecule has 0 aliphatic carbocycles. The number of aromatic nitrogens is 6. The Labute approximate surface area is 303 Å². The summed E-state index contributed by atoms with van der Waals surface area (Å²) in [6.07, 6.45) is 1.87. The molecule has 1 aliphatic rings. The van der Waals surface area contributed by atoms with Gasteiger partial charge in [-0.3, -0.25) is 13.5 Å². The normalized spacial score (nSPS) is 15.2. The van der Waals surface area contributed by atoms with E-state index in [1.165, 1.54) is 16.3 Å². The van der Waals surface area contributed by atoms with Crippen molar-refractivity contribution in [1.29, 1.82) is 0 Å². The molecule has 0 saturated heterocycles. The Morgan fingerprint density at radius 3 is 1.94 bits per heavy atom. The fourth-order valence-electron chi connectivity index (χ4n) is 9.65. The van der Waals surface area contributed by atoms with Crippen molar-refractivity contribution < 1.29 is 5.11 Å². The third kappa shape index (κ3) is 3.28. The molecule has 0 radical (unpaired) electrons. The molecular weight excluding hydrogens is 653 g/mol. The van der Waals surface area contributed by atoms with Crippen molar-refractivity contribution in [1.82, 2.24) is 27.9 Å². The highest BCUT2D eigenvalue weighted by molar-refractivity contribution is 6.12. The van der Waals surface area contributed by atoms with Gasteiger partial charge in [0.25, 0.3) is 0 Å². The number of hydrogen-bond donors (Lipinski definition) is 1. The lowest BCUT2D eigenvalue weighted by Gasteiger charge is -2.46. The van der Waals surface area contributed by atoms with Crippen LogP contribution in [0.25, 0.3) is 88.3 Å². The largest absolute Gasteiger partial charge is 0.505 e. The number of hydrogen-bond acceptors (Lipinski definition) is 3. The van der Waals surface area contributed by atoms with Crippen LogP contribution in [0.15, 0.2) is 128 Å². The van der Waals surface area contributed by atoms with Gasteiger partial charge in [0.05, 0.1) is 38.8 Å². The monoisotopic (exact) mass is 686 g/mol. The molecule has 0 amide bonds. The SMILES string of the molecule is CC1(C)c2cccc3c2n2c(c(-n4c5ccccc5c5ccc(-n6c7ccccc7c7cccnc76)cc54)nc2c2c(O)c4ccccc4n32)C1(C)C. The lowest BCUT2D eigenvalue weighted by Crippen LogP contribution is -2.44. The van der Waals surface area contributed by atoms with Crippen LogP contribution in [0.1, 0.15) is 39.0 Å². The summed E-state index contributed by atoms with van der Waals surface area (Å²) in [5.74, 6) is 1.13. The Morgan fingerprint density at radius 2 is 1.15 bits per heavy atom. The number of pyridine rings is 1. The maximum atomic E-state index is 12.0. The highest BCUT2D eigenvalue weighted by Crippen LogP contribution is 2.54. The average molecular weight is 687 g/mol. The van der Waals surface area contributed by atoms with Crippen molar-refractivity contribution in [3.8, 4) is 17.3 Å². The van der Waals surface area contributed by atoms with Crippen molar-refractivity contribution in [2.24, 2.45) is 0 Å². The minimum atomic E-state index is -0.366. The van der Waals surface area contributed by atoms with Crippen LogP contribution in [0.5, 0.6) is 5.75 Å². The van der Waals surface area contributed by atoms with Crippen LogP contribution in [0, 0.1) is 0 Å². The molecule has 1 N–H and O–H groups in total. The van der Waals surface area contributed by atoms with Gasteiger partial charge < -0.3 is 9.51 Å². The predicted octanol–water partition coefficient (Wildman–Crippen LogP) is 10.8. The molecule has 6 aromatic heterocycles. The number of fused-ring (bicyclic) bond motifs is 11. The Bertz CT molecular complexity index is 3370. The summed E-state index contributed by atoms with van der Waals surface area (Å²) in [6.45, 7) is 9.43. The Kier molecular flexibility index (Phi) is 5.17. The number of imidazole rings is 1. The van der Waals surface area contributed by atoms with Crippen molar-refractivity contribution >= 4 is 76.8 Å². The quantitative estimate of drug-likeness (QED) is 0.197. The van der Waals surface area contributed by atoms with E-state index in [0.717, 1.165) is 83.3 Å². The fraction of sp³-hybridized carbons (Fsp3) is 0.130. The maximum Gasteiger partial charge on any atom is 0.168 e. The van der Waals surface area contributed by atoms with E-state index in [-0.39, 0.29) is 16.6 Å². The van der Waals surface area contributed by atoms with Crippen LogP contribution in [-0.2, 0) is 10.8 Å². The summed E-state index contributed by atoms with van der Waals surface area (Å²) in [6, 6.07) is 42.9. The lowest BCUT2D eigenvalue weighted by atomic mass is 9.61. The van der Waals surface area contributed by atoms with E-state index in [0.29, 0.717) is 0 Å². The Hall–Kier alpha value is -6.60. The number of para-hydroxylation sites is 4. The molecule has 5 aromatic carbocycles. The maximum absolute atomic E-state index is 12.0. The van der Waals surface area contributed by atoms with E-state index in [9.17, 15) is 5.11 Å². The van der Waals surface area contributed by atoms with E-state index in [4.69, 9.17) is 9.97 Å². The predicted molar refractivity (Wildman–Crippen MR) is 215 cm³/mol. The van der Waals surface area contributed by atoms with Crippen LogP contribution in [-0.4, -0.2) is 33.0 Å². The van der Waals surface area contributed by atoms with E-state index < -0.39 is 0 Å². The molecule has 7 heteroatoms. The number of aromatic hydroxyl groups is 1. The van der Waals surface area contributed by atoms with Crippen molar-refractivity contribution in [3.63, 3.8) is 0 Å². The van der Waals surface area contributed by atoms with Gasteiger partial charge in [0.1, 0.15) is 11.2 Å². The highest BCUT2D eigenvalue weighted by Gasteiger charge is 2.49. The van der Waals surface area contributed by atoms with Gasteiger partial charge in [-0.05, 0) is 60.2 Å². The zero-order chi connectivity index (χ0) is 35.5. The summed E-state index contributed by atoms with van der Waals surface area (Å²) in [4.78, 5) is 10.6. The molecule has 0 unspecified atom stereocenters. The van der Waals surface area contributed by atoms with E-state index in [1.807, 2.05) is 30.5 Å². The van der Waals surface area contributed by atoms with Crippen molar-refractivity contribution in [2.75, 3.05) is 0 Å². The minimum absolute atomic E-state index is 0.252. The lowest BCUT2D eigenvalue weighted by molar-refractivity contribution is 0.288. The molecule has 11 aromatic rings. The molecule has 254 valence electrons. The molecule has 7 nitrogen and oxygen atoms in total. The molecule has 1 aliphatic heterocycles. The molecule has 0 atom stereocenters. The van der Waals surface area contributed by atoms with Gasteiger partial charge >= 0.3 is 0 Å². The molecule has 0 spiro atoms. The summed E-state index contributed by atoms with van der Waals surface area (Å²) in [5.41, 5.74) is 11.6. The van der Waals surface area contributed by atoms with Crippen LogP contribution < -0.4 is 0 Å². The van der Waals surface area contributed by atoms with Gasteiger partial charge in [-0.1, -0.05) is 94.4 Å². The molecule has 0 bridgehead atoms. The van der Waals surface area contributed by atoms with Crippen LogP contribution in [0.4, 0.5) is 0 Å². The first-order chi connectivity index (χ1) is 25.8. The van der Waals surface area contributed by atoms with Crippen LogP contribution in [0.2, 0.25) is 0 Å². The minimum Gasteiger partial charge on any atom is -0.505 e. The molecule has 0 saturated carbocycles. The van der Waals surface area contributed by atoms with E-state index in [1.54, 1.807) is 0 Å². The van der Waals surface area contributed by atoms with Gasteiger partial charge in [0.15, 0.2) is 17.2 Å². The topological polar surface area (TPSA) is 64.7 Å². The van der Waals surface area contributed by atoms with Crippen molar-refractivity contribution in [3.05, 3.63) is 139 Å². The summed E-state index contributed by atoms with van der Waals surface area (Å²) >= 11 is 0. The third-order valence-corrected chi connectivity index (χ3v) is 12.8. The molecule has 0 fully saturated rings. The van der Waals surface area contributed by atoms with Gasteiger partial charge in [-0.15, -0.1) is 0 Å².